The Balaban J connectivity index is 2.16. The molecule has 0 saturated carbocycles. The molecule has 6 nitrogen and oxygen atoms in total. The molecular formula is C20H26N2O4S. The van der Waals surface area contributed by atoms with Gasteiger partial charge in [0, 0.05) is 12.7 Å². The van der Waals surface area contributed by atoms with Crippen LogP contribution in [0.3, 0.4) is 0 Å². The molecule has 2 aromatic carbocycles. The van der Waals surface area contributed by atoms with Crippen molar-refractivity contribution in [3.8, 4) is 5.75 Å². The van der Waals surface area contributed by atoms with Crippen LogP contribution in [0.25, 0.3) is 0 Å². The third kappa shape index (κ3) is 5.47. The van der Waals surface area contributed by atoms with E-state index in [2.05, 4.69) is 5.32 Å². The summed E-state index contributed by atoms with van der Waals surface area (Å²) in [6.45, 7) is 5.78. The van der Waals surface area contributed by atoms with Crippen LogP contribution in [0.2, 0.25) is 0 Å². The van der Waals surface area contributed by atoms with E-state index in [4.69, 9.17) is 4.74 Å². The fraction of sp³-hybridized carbons (Fsp3) is 0.350. The predicted molar refractivity (Wildman–Crippen MR) is 109 cm³/mol. The normalized spacial score (nSPS) is 12.3. The first kappa shape index (κ1) is 20.8. The number of ether oxygens (including phenoxy) is 1. The summed E-state index contributed by atoms with van der Waals surface area (Å²) in [6, 6.07) is 12.5. The summed E-state index contributed by atoms with van der Waals surface area (Å²) in [6.07, 6.45) is 0.979. The van der Waals surface area contributed by atoms with E-state index in [1.54, 1.807) is 24.3 Å². The molecule has 1 amide bonds. The highest BCUT2D eigenvalue weighted by molar-refractivity contribution is 7.92. The topological polar surface area (TPSA) is 75.7 Å². The van der Waals surface area contributed by atoms with Crippen molar-refractivity contribution in [1.29, 1.82) is 0 Å². The molecule has 0 aliphatic carbocycles. The summed E-state index contributed by atoms with van der Waals surface area (Å²) < 4.78 is 30.5. The first-order valence-corrected chi connectivity index (χ1v) is 10.6. The van der Waals surface area contributed by atoms with Gasteiger partial charge >= 0.3 is 0 Å². The molecule has 0 fully saturated rings. The lowest BCUT2D eigenvalue weighted by molar-refractivity contribution is -0.122. The largest absolute Gasteiger partial charge is 0.480 e. The van der Waals surface area contributed by atoms with Gasteiger partial charge in [0.2, 0.25) is 10.0 Å². The van der Waals surface area contributed by atoms with Crippen LogP contribution < -0.4 is 14.4 Å². The molecule has 0 saturated heterocycles. The molecule has 1 atom stereocenters. The number of hydrogen-bond acceptors (Lipinski definition) is 4. The molecule has 0 heterocycles. The second-order valence-corrected chi connectivity index (χ2v) is 8.57. The van der Waals surface area contributed by atoms with Crippen LogP contribution in [0.1, 0.15) is 24.5 Å². The number of carbonyl (C=O) groups excluding carboxylic acids is 1. The standard InChI is InChI=1S/C20H26N2O4S/c1-6-18(26-19-12-14(2)10-11-15(19)3)20(23)21-16-8-7-9-17(13-16)22(4)27(5,24)25/h7-13,18H,6H2,1-5H3,(H,21,23)/t18-/m1/s1. The maximum atomic E-state index is 12.7. The quantitative estimate of drug-likeness (QED) is 0.785. The van der Waals surface area contributed by atoms with Crippen LogP contribution in [-0.4, -0.2) is 33.7 Å². The Bertz CT molecular complexity index is 925. The summed E-state index contributed by atoms with van der Waals surface area (Å²) in [4.78, 5) is 12.7. The van der Waals surface area contributed by atoms with Crippen LogP contribution in [0.15, 0.2) is 42.5 Å². The molecule has 7 heteroatoms. The van der Waals surface area contributed by atoms with Gasteiger partial charge in [-0.2, -0.15) is 0 Å². The van der Waals surface area contributed by atoms with Crippen LogP contribution in [-0.2, 0) is 14.8 Å². The van der Waals surface area contributed by atoms with Gasteiger partial charge in [0.25, 0.3) is 5.91 Å². The molecule has 146 valence electrons. The lowest BCUT2D eigenvalue weighted by atomic mass is 10.1. The monoisotopic (exact) mass is 390 g/mol. The molecule has 0 unspecified atom stereocenters. The van der Waals surface area contributed by atoms with E-state index in [0.717, 1.165) is 21.7 Å². The highest BCUT2D eigenvalue weighted by Gasteiger charge is 2.20. The first-order valence-electron chi connectivity index (χ1n) is 8.70. The molecule has 0 aliphatic heterocycles. The summed E-state index contributed by atoms with van der Waals surface area (Å²) in [7, 11) is -1.91. The summed E-state index contributed by atoms with van der Waals surface area (Å²) in [5, 5.41) is 2.81. The van der Waals surface area contributed by atoms with Crippen molar-refractivity contribution < 1.29 is 17.9 Å². The number of nitrogens with zero attached hydrogens (tertiary/aromatic N) is 1. The molecule has 0 radical (unpaired) electrons. The fourth-order valence-electron chi connectivity index (χ4n) is 2.50. The minimum Gasteiger partial charge on any atom is -0.480 e. The van der Waals surface area contributed by atoms with Gasteiger partial charge in [-0.25, -0.2) is 8.42 Å². The Morgan fingerprint density at radius 3 is 2.52 bits per heavy atom. The van der Waals surface area contributed by atoms with Gasteiger partial charge in [-0.05, 0) is 55.7 Å². The average Bonchev–Trinajstić information content (AvgIpc) is 2.61. The lowest BCUT2D eigenvalue weighted by Gasteiger charge is -2.20. The highest BCUT2D eigenvalue weighted by atomic mass is 32.2. The number of carbonyl (C=O) groups is 1. The lowest BCUT2D eigenvalue weighted by Crippen LogP contribution is -2.32. The smallest absolute Gasteiger partial charge is 0.265 e. The van der Waals surface area contributed by atoms with Crippen molar-refractivity contribution in [1.82, 2.24) is 0 Å². The van der Waals surface area contributed by atoms with Gasteiger partial charge in [-0.3, -0.25) is 9.10 Å². The van der Waals surface area contributed by atoms with E-state index in [0.29, 0.717) is 23.5 Å². The third-order valence-electron chi connectivity index (χ3n) is 4.25. The summed E-state index contributed by atoms with van der Waals surface area (Å²) in [5.74, 6) is 0.403. The SMILES string of the molecule is CC[C@@H](Oc1cc(C)ccc1C)C(=O)Nc1cccc(N(C)S(C)(=O)=O)c1. The number of rotatable bonds is 7. The van der Waals surface area contributed by atoms with Gasteiger partial charge < -0.3 is 10.1 Å². The van der Waals surface area contributed by atoms with E-state index in [-0.39, 0.29) is 5.91 Å². The van der Waals surface area contributed by atoms with Gasteiger partial charge in [0.15, 0.2) is 6.10 Å². The Kier molecular flexibility index (Phi) is 6.49. The molecule has 0 bridgehead atoms. The van der Waals surface area contributed by atoms with E-state index in [1.807, 2.05) is 39.0 Å². The number of sulfonamides is 1. The van der Waals surface area contributed by atoms with Gasteiger partial charge in [-0.1, -0.05) is 25.1 Å². The molecule has 1 N–H and O–H groups in total. The molecule has 0 aliphatic rings. The first-order chi connectivity index (χ1) is 12.6. The van der Waals surface area contributed by atoms with Crippen LogP contribution >= 0.6 is 0 Å². The number of hydrogen-bond donors (Lipinski definition) is 1. The average molecular weight is 391 g/mol. The van der Waals surface area contributed by atoms with Crippen molar-refractivity contribution in [2.45, 2.75) is 33.3 Å². The number of amides is 1. The van der Waals surface area contributed by atoms with E-state index in [9.17, 15) is 13.2 Å². The molecule has 0 spiro atoms. The van der Waals surface area contributed by atoms with E-state index >= 15 is 0 Å². The van der Waals surface area contributed by atoms with E-state index in [1.165, 1.54) is 7.05 Å². The van der Waals surface area contributed by atoms with E-state index < -0.39 is 16.1 Å². The zero-order valence-corrected chi connectivity index (χ0v) is 17.1. The maximum absolute atomic E-state index is 12.7. The molecule has 2 aromatic rings. The van der Waals surface area contributed by atoms with Crippen molar-refractivity contribution in [2.24, 2.45) is 0 Å². The van der Waals surface area contributed by atoms with Crippen LogP contribution in [0.4, 0.5) is 11.4 Å². The Labute approximate surface area is 161 Å². The highest BCUT2D eigenvalue weighted by Crippen LogP contribution is 2.23. The predicted octanol–water partition coefficient (Wildman–Crippen LogP) is 3.50. The van der Waals surface area contributed by atoms with Crippen molar-refractivity contribution in [3.05, 3.63) is 53.6 Å². The Morgan fingerprint density at radius 2 is 1.89 bits per heavy atom. The zero-order chi connectivity index (χ0) is 20.2. The number of nitrogens with one attached hydrogen (secondary N) is 1. The van der Waals surface area contributed by atoms with Crippen LogP contribution in [0.5, 0.6) is 5.75 Å². The number of benzene rings is 2. The summed E-state index contributed by atoms with van der Waals surface area (Å²) in [5.41, 5.74) is 3.00. The van der Waals surface area contributed by atoms with Crippen molar-refractivity contribution >= 4 is 27.3 Å². The fourth-order valence-corrected chi connectivity index (χ4v) is 3.00. The molecular weight excluding hydrogens is 364 g/mol. The van der Waals surface area contributed by atoms with Gasteiger partial charge in [0.05, 0.1) is 11.9 Å². The Hall–Kier alpha value is -2.54. The second-order valence-electron chi connectivity index (χ2n) is 6.55. The minimum absolute atomic E-state index is 0.280. The number of aryl methyl sites for hydroxylation is 2. The van der Waals surface area contributed by atoms with Gasteiger partial charge in [0.1, 0.15) is 5.75 Å². The maximum Gasteiger partial charge on any atom is 0.265 e. The minimum atomic E-state index is -3.38. The Morgan fingerprint density at radius 1 is 1.19 bits per heavy atom. The second kappa shape index (κ2) is 8.43. The van der Waals surface area contributed by atoms with Crippen LogP contribution in [0, 0.1) is 13.8 Å². The number of anilines is 2. The zero-order valence-electron chi connectivity index (χ0n) is 16.3. The van der Waals surface area contributed by atoms with Crippen molar-refractivity contribution in [3.63, 3.8) is 0 Å². The van der Waals surface area contributed by atoms with Crippen molar-refractivity contribution in [2.75, 3.05) is 22.9 Å². The molecule has 0 aromatic heterocycles. The third-order valence-corrected chi connectivity index (χ3v) is 5.46. The molecule has 27 heavy (non-hydrogen) atoms. The molecule has 2 rings (SSSR count). The van der Waals surface area contributed by atoms with Gasteiger partial charge in [-0.15, -0.1) is 0 Å². The summed E-state index contributed by atoms with van der Waals surface area (Å²) >= 11 is 0.